The topological polar surface area (TPSA) is 75.3 Å². The van der Waals surface area contributed by atoms with Crippen LogP contribution in [0.3, 0.4) is 0 Å². The summed E-state index contributed by atoms with van der Waals surface area (Å²) < 4.78 is 27.7. The van der Waals surface area contributed by atoms with Crippen molar-refractivity contribution in [2.75, 3.05) is 17.3 Å². The minimum atomic E-state index is -3.77. The van der Waals surface area contributed by atoms with E-state index in [2.05, 4.69) is 10.0 Å². The number of amides is 1. The van der Waals surface area contributed by atoms with E-state index < -0.39 is 16.1 Å². The van der Waals surface area contributed by atoms with E-state index in [-0.39, 0.29) is 10.8 Å². The summed E-state index contributed by atoms with van der Waals surface area (Å²) in [5, 5.41) is 2.86. The highest BCUT2D eigenvalue weighted by Gasteiger charge is 2.25. The van der Waals surface area contributed by atoms with Gasteiger partial charge in [-0.25, -0.2) is 8.42 Å². The highest BCUT2D eigenvalue weighted by Crippen LogP contribution is 2.19. The maximum absolute atomic E-state index is 12.7. The molecular formula is C19H24N2O3S2. The number of thioether (sulfide) groups is 1. The van der Waals surface area contributed by atoms with Crippen LogP contribution < -0.4 is 10.0 Å². The summed E-state index contributed by atoms with van der Waals surface area (Å²) in [6, 6.07) is 12.9. The Kier molecular flexibility index (Phi) is 7.25. The summed E-state index contributed by atoms with van der Waals surface area (Å²) in [7, 11) is -3.77. The average Bonchev–Trinajstić information content (AvgIpc) is 2.63. The lowest BCUT2D eigenvalue weighted by Crippen LogP contribution is -2.44. The van der Waals surface area contributed by atoms with E-state index in [4.69, 9.17) is 0 Å². The van der Waals surface area contributed by atoms with Crippen molar-refractivity contribution in [3.8, 4) is 0 Å². The molecule has 0 radical (unpaired) electrons. The first kappa shape index (κ1) is 20.5. The van der Waals surface area contributed by atoms with Crippen LogP contribution in [0, 0.1) is 13.8 Å². The molecule has 140 valence electrons. The first-order chi connectivity index (χ1) is 12.3. The summed E-state index contributed by atoms with van der Waals surface area (Å²) in [6.45, 7) is 3.89. The van der Waals surface area contributed by atoms with Gasteiger partial charge in [0.05, 0.1) is 4.90 Å². The molecule has 2 aromatic carbocycles. The minimum Gasteiger partial charge on any atom is -0.324 e. The summed E-state index contributed by atoms with van der Waals surface area (Å²) in [6.07, 6.45) is 2.33. The first-order valence-corrected chi connectivity index (χ1v) is 11.2. The molecule has 0 aromatic heterocycles. The molecule has 2 aromatic rings. The van der Waals surface area contributed by atoms with Crippen LogP contribution >= 0.6 is 11.8 Å². The highest BCUT2D eigenvalue weighted by atomic mass is 32.2. The molecule has 0 aliphatic carbocycles. The van der Waals surface area contributed by atoms with Crippen molar-refractivity contribution in [3.05, 3.63) is 59.7 Å². The Hall–Kier alpha value is -1.83. The molecule has 1 atom stereocenters. The third kappa shape index (κ3) is 5.33. The number of anilines is 1. The predicted octanol–water partition coefficient (Wildman–Crippen LogP) is 3.34. The molecule has 0 aliphatic heterocycles. The summed E-state index contributed by atoms with van der Waals surface area (Å²) in [5.74, 6) is 0.314. The van der Waals surface area contributed by atoms with Gasteiger partial charge in [0.2, 0.25) is 15.9 Å². The molecule has 0 unspecified atom stereocenters. The number of nitrogens with one attached hydrogen (secondary N) is 2. The van der Waals surface area contributed by atoms with Crippen molar-refractivity contribution in [2.45, 2.75) is 31.2 Å². The molecule has 0 spiro atoms. The molecular weight excluding hydrogens is 368 g/mol. The van der Waals surface area contributed by atoms with Gasteiger partial charge in [-0.3, -0.25) is 4.79 Å². The number of sulfonamides is 1. The number of carbonyl (C=O) groups is 1. The number of hydrogen-bond acceptors (Lipinski definition) is 4. The lowest BCUT2D eigenvalue weighted by Gasteiger charge is -2.19. The summed E-state index contributed by atoms with van der Waals surface area (Å²) in [5.41, 5.74) is 2.73. The largest absolute Gasteiger partial charge is 0.324 e. The highest BCUT2D eigenvalue weighted by molar-refractivity contribution is 7.98. The number of benzene rings is 2. The average molecular weight is 393 g/mol. The van der Waals surface area contributed by atoms with Crippen LogP contribution in [-0.4, -0.2) is 32.4 Å². The molecule has 2 rings (SSSR count). The van der Waals surface area contributed by atoms with Gasteiger partial charge in [-0.15, -0.1) is 0 Å². The Balaban J connectivity index is 2.21. The van der Waals surface area contributed by atoms with Crippen molar-refractivity contribution in [1.29, 1.82) is 0 Å². The monoisotopic (exact) mass is 392 g/mol. The van der Waals surface area contributed by atoms with E-state index in [9.17, 15) is 13.2 Å². The molecule has 26 heavy (non-hydrogen) atoms. The number of carbonyl (C=O) groups excluding carboxylic acids is 1. The van der Waals surface area contributed by atoms with Crippen LogP contribution in [0.1, 0.15) is 17.5 Å². The van der Waals surface area contributed by atoms with Gasteiger partial charge in [0, 0.05) is 5.69 Å². The third-order valence-corrected chi connectivity index (χ3v) is 6.27. The fourth-order valence-corrected chi connectivity index (χ4v) is 4.16. The molecule has 0 fully saturated rings. The molecule has 0 saturated heterocycles. The molecule has 7 heteroatoms. The first-order valence-electron chi connectivity index (χ1n) is 8.28. The van der Waals surface area contributed by atoms with Gasteiger partial charge < -0.3 is 5.32 Å². The van der Waals surface area contributed by atoms with Gasteiger partial charge in [-0.1, -0.05) is 30.3 Å². The van der Waals surface area contributed by atoms with E-state index in [1.54, 1.807) is 30.0 Å². The third-order valence-electron chi connectivity index (χ3n) is 4.14. The van der Waals surface area contributed by atoms with E-state index in [1.807, 2.05) is 38.3 Å². The lowest BCUT2D eigenvalue weighted by molar-refractivity contribution is -0.117. The van der Waals surface area contributed by atoms with Crippen LogP contribution in [0.25, 0.3) is 0 Å². The van der Waals surface area contributed by atoms with E-state index in [0.29, 0.717) is 17.9 Å². The second-order valence-electron chi connectivity index (χ2n) is 6.01. The zero-order chi connectivity index (χ0) is 19.2. The Labute approximate surface area is 159 Å². The summed E-state index contributed by atoms with van der Waals surface area (Å²) in [4.78, 5) is 12.9. The van der Waals surface area contributed by atoms with E-state index >= 15 is 0 Å². The van der Waals surface area contributed by atoms with Crippen LogP contribution in [0.2, 0.25) is 0 Å². The maximum Gasteiger partial charge on any atom is 0.242 e. The summed E-state index contributed by atoms with van der Waals surface area (Å²) >= 11 is 1.57. The van der Waals surface area contributed by atoms with E-state index in [1.165, 1.54) is 12.1 Å². The van der Waals surface area contributed by atoms with Crippen molar-refractivity contribution < 1.29 is 13.2 Å². The van der Waals surface area contributed by atoms with Gasteiger partial charge in [-0.2, -0.15) is 16.5 Å². The van der Waals surface area contributed by atoms with Crippen LogP contribution in [0.4, 0.5) is 5.69 Å². The molecule has 0 heterocycles. The van der Waals surface area contributed by atoms with Gasteiger partial charge in [-0.05, 0) is 61.6 Å². The lowest BCUT2D eigenvalue weighted by atomic mass is 10.1. The number of aryl methyl sites for hydroxylation is 1. The smallest absolute Gasteiger partial charge is 0.242 e. The second kappa shape index (κ2) is 9.21. The zero-order valence-electron chi connectivity index (χ0n) is 15.2. The molecule has 1 amide bonds. The number of rotatable bonds is 8. The Morgan fingerprint density at radius 3 is 2.42 bits per heavy atom. The molecule has 0 saturated carbocycles. The van der Waals surface area contributed by atoms with Crippen molar-refractivity contribution >= 4 is 33.4 Å². The van der Waals surface area contributed by atoms with E-state index in [0.717, 1.165) is 11.1 Å². The van der Waals surface area contributed by atoms with Crippen LogP contribution in [0.15, 0.2) is 53.4 Å². The second-order valence-corrected chi connectivity index (χ2v) is 8.70. The fourth-order valence-electron chi connectivity index (χ4n) is 2.44. The van der Waals surface area contributed by atoms with Crippen molar-refractivity contribution in [3.63, 3.8) is 0 Å². The SMILES string of the molecule is CSCC[C@@H](NS(=O)(=O)c1ccccc1)C(=O)Nc1cccc(C)c1C. The Morgan fingerprint density at radius 1 is 1.08 bits per heavy atom. The normalized spacial score (nSPS) is 12.6. The molecule has 2 N–H and O–H groups in total. The standard InChI is InChI=1S/C19H24N2O3S2/c1-14-8-7-11-17(15(14)2)20-19(22)18(12-13-25-3)21-26(23,24)16-9-5-4-6-10-16/h4-11,18,21H,12-13H2,1-3H3,(H,20,22)/t18-/m1/s1. The Bertz CT molecular complexity index is 852. The van der Waals surface area contributed by atoms with Crippen molar-refractivity contribution in [1.82, 2.24) is 4.72 Å². The zero-order valence-corrected chi connectivity index (χ0v) is 16.8. The minimum absolute atomic E-state index is 0.147. The predicted molar refractivity (Wildman–Crippen MR) is 108 cm³/mol. The molecule has 5 nitrogen and oxygen atoms in total. The van der Waals surface area contributed by atoms with Gasteiger partial charge in [0.1, 0.15) is 6.04 Å². The van der Waals surface area contributed by atoms with Gasteiger partial charge in [0.15, 0.2) is 0 Å². The number of hydrogen-bond donors (Lipinski definition) is 2. The molecule has 0 aliphatic rings. The van der Waals surface area contributed by atoms with Gasteiger partial charge >= 0.3 is 0 Å². The fraction of sp³-hybridized carbons (Fsp3) is 0.316. The van der Waals surface area contributed by atoms with Crippen LogP contribution in [0.5, 0.6) is 0 Å². The molecule has 0 bridgehead atoms. The Morgan fingerprint density at radius 2 is 1.77 bits per heavy atom. The maximum atomic E-state index is 12.7. The quantitative estimate of drug-likeness (QED) is 0.722. The van der Waals surface area contributed by atoms with Gasteiger partial charge in [0.25, 0.3) is 0 Å². The van der Waals surface area contributed by atoms with Crippen LogP contribution in [-0.2, 0) is 14.8 Å². The van der Waals surface area contributed by atoms with Crippen molar-refractivity contribution in [2.24, 2.45) is 0 Å².